The third kappa shape index (κ3) is 3.19. The molecule has 8 heteroatoms. The zero-order valence-corrected chi connectivity index (χ0v) is 17.1. The molecule has 2 aromatic carbocycles. The highest BCUT2D eigenvalue weighted by Gasteiger charge is 2.38. The maximum absolute atomic E-state index is 14.5. The van der Waals surface area contributed by atoms with Crippen LogP contribution in [-0.4, -0.2) is 59.0 Å². The number of hydrogen-bond donors (Lipinski definition) is 1. The first kappa shape index (κ1) is 20.2. The zero-order chi connectivity index (χ0) is 21.6. The summed E-state index contributed by atoms with van der Waals surface area (Å²) in [7, 11) is 0. The second-order valence-corrected chi connectivity index (χ2v) is 7.72. The lowest BCUT2D eigenvalue weighted by Gasteiger charge is -2.39. The first-order valence-electron chi connectivity index (χ1n) is 9.49. The number of fused-ring (bicyclic) bond motifs is 2. The second-order valence-electron chi connectivity index (χ2n) is 7.34. The summed E-state index contributed by atoms with van der Waals surface area (Å²) in [5.74, 6) is -1.18. The van der Waals surface area contributed by atoms with Crippen LogP contribution >= 0.6 is 11.6 Å². The Kier molecular flexibility index (Phi) is 5.15. The van der Waals surface area contributed by atoms with Gasteiger partial charge in [0.15, 0.2) is 5.75 Å². The van der Waals surface area contributed by atoms with Gasteiger partial charge in [0.2, 0.25) is 5.91 Å². The van der Waals surface area contributed by atoms with Crippen LogP contribution in [0.15, 0.2) is 36.9 Å². The number of nitrogens with zero attached hydrogens (tertiary/aromatic N) is 2. The first-order valence-corrected chi connectivity index (χ1v) is 9.87. The third-order valence-corrected chi connectivity index (χ3v) is 5.90. The van der Waals surface area contributed by atoms with Crippen LogP contribution in [0.4, 0.5) is 4.39 Å². The number of carbonyl (C=O) groups is 2. The summed E-state index contributed by atoms with van der Waals surface area (Å²) in [6, 6.07) is 5.26. The topological polar surface area (TPSA) is 70.1 Å². The number of amides is 2. The molecule has 30 heavy (non-hydrogen) atoms. The predicted molar refractivity (Wildman–Crippen MR) is 110 cm³/mol. The summed E-state index contributed by atoms with van der Waals surface area (Å²) in [4.78, 5) is 28.5. The molecule has 6 nitrogen and oxygen atoms in total. The van der Waals surface area contributed by atoms with Gasteiger partial charge in [-0.15, -0.1) is 0 Å². The summed E-state index contributed by atoms with van der Waals surface area (Å²) in [5.41, 5.74) is 1.06. The molecule has 2 amide bonds. The van der Waals surface area contributed by atoms with Gasteiger partial charge in [-0.05, 0) is 36.8 Å². The molecule has 2 aromatic rings. The third-order valence-electron chi connectivity index (χ3n) is 5.54. The van der Waals surface area contributed by atoms with Gasteiger partial charge >= 0.3 is 0 Å². The highest BCUT2D eigenvalue weighted by atomic mass is 35.5. The Morgan fingerprint density at radius 1 is 1.37 bits per heavy atom. The Balaban J connectivity index is 1.78. The van der Waals surface area contributed by atoms with E-state index < -0.39 is 5.82 Å². The largest absolute Gasteiger partial charge is 0.507 e. The smallest absolute Gasteiger partial charge is 0.258 e. The van der Waals surface area contributed by atoms with Crippen LogP contribution in [0, 0.1) is 12.7 Å². The van der Waals surface area contributed by atoms with E-state index in [1.165, 1.54) is 24.3 Å². The van der Waals surface area contributed by atoms with Crippen molar-refractivity contribution in [2.45, 2.75) is 13.0 Å². The number of piperazine rings is 1. The number of phenolic OH excluding ortho intramolecular Hbond substituents is 1. The van der Waals surface area contributed by atoms with E-state index in [-0.39, 0.29) is 57.7 Å². The van der Waals surface area contributed by atoms with Gasteiger partial charge in [-0.2, -0.15) is 0 Å². The van der Waals surface area contributed by atoms with Crippen LogP contribution in [0.5, 0.6) is 11.5 Å². The maximum atomic E-state index is 14.5. The fourth-order valence-electron chi connectivity index (χ4n) is 4.06. The molecule has 1 unspecified atom stereocenters. The van der Waals surface area contributed by atoms with E-state index in [2.05, 4.69) is 6.58 Å². The molecule has 0 saturated carbocycles. The number of ether oxygens (including phenoxy) is 1. The Labute approximate surface area is 178 Å². The molecule has 2 aliphatic heterocycles. The van der Waals surface area contributed by atoms with Gasteiger partial charge in [-0.1, -0.05) is 24.2 Å². The van der Waals surface area contributed by atoms with Gasteiger partial charge in [-0.3, -0.25) is 9.59 Å². The number of aromatic hydroxyl groups is 1. The summed E-state index contributed by atoms with van der Waals surface area (Å²) in [6.07, 6.45) is 1.25. The van der Waals surface area contributed by atoms with Gasteiger partial charge in [-0.25, -0.2) is 4.39 Å². The molecular weight excluding hydrogens is 411 g/mol. The Morgan fingerprint density at radius 3 is 2.83 bits per heavy atom. The van der Waals surface area contributed by atoms with Crippen LogP contribution in [0.25, 0.3) is 11.1 Å². The highest BCUT2D eigenvalue weighted by molar-refractivity contribution is 6.36. The molecule has 1 N–H and O–H groups in total. The van der Waals surface area contributed by atoms with Crippen LogP contribution in [0.3, 0.4) is 0 Å². The molecule has 0 spiro atoms. The van der Waals surface area contributed by atoms with Crippen molar-refractivity contribution in [1.82, 2.24) is 9.80 Å². The summed E-state index contributed by atoms with van der Waals surface area (Å²) < 4.78 is 20.4. The number of rotatable bonds is 2. The lowest BCUT2D eigenvalue weighted by Crippen LogP contribution is -2.57. The summed E-state index contributed by atoms with van der Waals surface area (Å²) in [5, 5.41) is 10.3. The van der Waals surface area contributed by atoms with Gasteiger partial charge in [0, 0.05) is 25.2 Å². The minimum Gasteiger partial charge on any atom is -0.507 e. The molecule has 0 aliphatic carbocycles. The molecule has 0 bridgehead atoms. The number of benzene rings is 2. The predicted octanol–water partition coefficient (Wildman–Crippen LogP) is 3.39. The number of aryl methyl sites for hydroxylation is 1. The first-order chi connectivity index (χ1) is 14.3. The van der Waals surface area contributed by atoms with E-state index in [4.69, 9.17) is 16.3 Å². The number of halogens is 2. The fraction of sp³-hybridized carbons (Fsp3) is 0.273. The fourth-order valence-corrected chi connectivity index (χ4v) is 4.45. The van der Waals surface area contributed by atoms with Gasteiger partial charge < -0.3 is 19.6 Å². The molecule has 1 fully saturated rings. The quantitative estimate of drug-likeness (QED) is 0.741. The van der Waals surface area contributed by atoms with Crippen molar-refractivity contribution >= 4 is 23.4 Å². The van der Waals surface area contributed by atoms with Crippen LogP contribution < -0.4 is 4.74 Å². The minimum absolute atomic E-state index is 0.0384. The van der Waals surface area contributed by atoms with E-state index in [1.807, 2.05) is 0 Å². The van der Waals surface area contributed by atoms with Crippen LogP contribution in [-0.2, 0) is 4.79 Å². The van der Waals surface area contributed by atoms with E-state index in [9.17, 15) is 19.1 Å². The van der Waals surface area contributed by atoms with E-state index in [1.54, 1.807) is 22.8 Å². The van der Waals surface area contributed by atoms with Crippen molar-refractivity contribution in [3.63, 3.8) is 0 Å². The summed E-state index contributed by atoms with van der Waals surface area (Å²) in [6.45, 7) is 6.42. The molecular formula is C22H20ClFN2O4. The SMILES string of the molecule is C=CC(=O)N1CCN2C(=O)c3cc(C)c(-c4c(O)cccc4F)c(Cl)c3OCC2C1. The van der Waals surface area contributed by atoms with E-state index in [0.717, 1.165) is 0 Å². The standard InChI is InChI=1S/C22H20ClFN2O4/c1-3-17(28)25-7-8-26-13(10-25)11-30-21-14(22(26)29)9-12(2)18(20(21)23)19-15(24)5-4-6-16(19)27/h3-6,9,13,27H,1,7-8,10-11H2,2H3. The Hall–Kier alpha value is -3.06. The average Bonchev–Trinajstić information content (AvgIpc) is 2.86. The number of hydrogen-bond acceptors (Lipinski definition) is 4. The van der Waals surface area contributed by atoms with Crippen molar-refractivity contribution in [2.24, 2.45) is 0 Å². The number of phenols is 1. The molecule has 2 heterocycles. The molecule has 1 atom stereocenters. The lowest BCUT2D eigenvalue weighted by molar-refractivity contribution is -0.128. The molecule has 1 saturated heterocycles. The average molecular weight is 431 g/mol. The Morgan fingerprint density at radius 2 is 2.13 bits per heavy atom. The maximum Gasteiger partial charge on any atom is 0.258 e. The molecule has 2 aliphatic rings. The van der Waals surface area contributed by atoms with E-state index in [0.29, 0.717) is 25.2 Å². The van der Waals surface area contributed by atoms with Crippen molar-refractivity contribution < 1.29 is 23.8 Å². The van der Waals surface area contributed by atoms with Crippen LogP contribution in [0.2, 0.25) is 5.02 Å². The summed E-state index contributed by atoms with van der Waals surface area (Å²) >= 11 is 6.60. The number of carbonyl (C=O) groups excluding carboxylic acids is 2. The minimum atomic E-state index is -0.629. The highest BCUT2D eigenvalue weighted by Crippen LogP contribution is 2.45. The second kappa shape index (κ2) is 7.65. The van der Waals surface area contributed by atoms with Crippen molar-refractivity contribution in [1.29, 1.82) is 0 Å². The molecule has 0 radical (unpaired) electrons. The lowest BCUT2D eigenvalue weighted by atomic mass is 9.95. The van der Waals surface area contributed by atoms with E-state index >= 15 is 0 Å². The molecule has 0 aromatic heterocycles. The monoisotopic (exact) mass is 430 g/mol. The van der Waals surface area contributed by atoms with Crippen molar-refractivity contribution in [2.75, 3.05) is 26.2 Å². The van der Waals surface area contributed by atoms with Gasteiger partial charge in [0.1, 0.15) is 18.2 Å². The van der Waals surface area contributed by atoms with Gasteiger partial charge in [0.05, 0.1) is 22.2 Å². The van der Waals surface area contributed by atoms with Crippen molar-refractivity contribution in [3.8, 4) is 22.6 Å². The normalized spacial score (nSPS) is 18.2. The zero-order valence-electron chi connectivity index (χ0n) is 16.3. The van der Waals surface area contributed by atoms with Gasteiger partial charge in [0.25, 0.3) is 5.91 Å². The van der Waals surface area contributed by atoms with Crippen LogP contribution in [0.1, 0.15) is 15.9 Å². The van der Waals surface area contributed by atoms with Crippen molar-refractivity contribution in [3.05, 3.63) is 58.9 Å². The molecule has 156 valence electrons. The Bertz CT molecular complexity index is 1050. The molecule has 4 rings (SSSR count).